The van der Waals surface area contributed by atoms with E-state index >= 15 is 0 Å². The fourth-order valence-corrected chi connectivity index (χ4v) is 6.51. The number of aliphatic hydroxyl groups is 1. The molecule has 0 saturated carbocycles. The van der Waals surface area contributed by atoms with Gasteiger partial charge in [-0.2, -0.15) is 0 Å². The van der Waals surface area contributed by atoms with Crippen LogP contribution < -0.4 is 5.32 Å². The molecule has 0 saturated heterocycles. The topological polar surface area (TPSA) is 131 Å². The average Bonchev–Trinajstić information content (AvgIpc) is 3.14. The molecule has 53 heavy (non-hydrogen) atoms. The normalized spacial score (nSPS) is 13.7. The minimum absolute atomic E-state index is 0.0736. The molecule has 0 aromatic heterocycles. The fraction of sp³-hybridized carbons (Fsp3) is 0.814. The summed E-state index contributed by atoms with van der Waals surface area (Å²) in [5.41, 5.74) is 0. The number of phosphoric acid groups is 1. The highest BCUT2D eigenvalue weighted by Crippen LogP contribution is 2.42. The molecule has 2 atom stereocenters. The first kappa shape index (κ1) is 51.2. The van der Waals surface area contributed by atoms with E-state index in [1.54, 1.807) is 0 Å². The van der Waals surface area contributed by atoms with E-state index in [1.807, 2.05) is 0 Å². The van der Waals surface area contributed by atoms with Gasteiger partial charge in [0.15, 0.2) is 0 Å². The van der Waals surface area contributed by atoms with E-state index in [2.05, 4.69) is 55.6 Å². The van der Waals surface area contributed by atoms with Gasteiger partial charge in [-0.05, 0) is 70.6 Å². The van der Waals surface area contributed by atoms with Crippen LogP contribution in [0.5, 0.6) is 0 Å². The third-order valence-corrected chi connectivity index (χ3v) is 10.0. The first-order valence-corrected chi connectivity index (χ1v) is 23.0. The summed E-state index contributed by atoms with van der Waals surface area (Å²) in [6.07, 6.45) is 43.5. The molecule has 10 heteroatoms. The van der Waals surface area contributed by atoms with E-state index in [0.717, 1.165) is 64.2 Å². The molecule has 2 unspecified atom stereocenters. The fourth-order valence-electron chi connectivity index (χ4n) is 5.76. The Labute approximate surface area is 324 Å². The van der Waals surface area contributed by atoms with Crippen LogP contribution in [0.25, 0.3) is 0 Å². The minimum atomic E-state index is -4.42. The molecule has 0 spiro atoms. The molecule has 0 heterocycles. The molecular formula is C43H80NO8P. The molecule has 0 aliphatic carbocycles. The number of allylic oxidation sites excluding steroid dienone is 6. The number of hydrogen-bond donors (Lipinski definition) is 3. The Balaban J connectivity index is 3.62. The van der Waals surface area contributed by atoms with Gasteiger partial charge < -0.3 is 20.1 Å². The van der Waals surface area contributed by atoms with Crippen molar-refractivity contribution in [3.8, 4) is 0 Å². The first-order chi connectivity index (χ1) is 25.8. The van der Waals surface area contributed by atoms with Crippen molar-refractivity contribution in [2.24, 2.45) is 0 Å². The third-order valence-electron chi connectivity index (χ3n) is 9.04. The number of unbranched alkanes of at least 4 members (excludes halogenated alkanes) is 21. The van der Waals surface area contributed by atoms with Crippen molar-refractivity contribution in [3.63, 3.8) is 0 Å². The summed E-state index contributed by atoms with van der Waals surface area (Å²) in [5.74, 6) is -0.534. The molecule has 0 aromatic rings. The minimum Gasteiger partial charge on any atom is -0.463 e. The van der Waals surface area contributed by atoms with Gasteiger partial charge in [-0.15, -0.1) is 0 Å². The summed E-state index contributed by atoms with van der Waals surface area (Å²) in [6, 6.07) is 0. The Kier molecular flexibility index (Phi) is 38.6. The third kappa shape index (κ3) is 41.2. The number of rotatable bonds is 40. The zero-order valence-corrected chi connectivity index (χ0v) is 34.9. The van der Waals surface area contributed by atoms with Crippen LogP contribution in [0.1, 0.15) is 194 Å². The lowest BCUT2D eigenvalue weighted by atomic mass is 10.1. The van der Waals surface area contributed by atoms with Crippen LogP contribution in [0.3, 0.4) is 0 Å². The standard InChI is InChI=1S/C43H80NO8P/c1-3-5-7-9-11-13-15-17-19-20-22-24-26-28-30-32-34-36-43(47)50-39-41(45)40-52-53(48,49)51-38-37-44-42(46)35-33-31-29-27-25-23-21-18-16-14-12-10-8-6-4-2/h12,14,17-19,21,41,45H,3-11,13,15-16,20,22-40H2,1-2H3,(H,44,46)(H,48,49)/b14-12-,19-17-,21-18-. The lowest BCUT2D eigenvalue weighted by molar-refractivity contribution is -0.147. The number of nitrogens with one attached hydrogen (secondary N) is 1. The summed E-state index contributed by atoms with van der Waals surface area (Å²) in [5, 5.41) is 12.7. The molecule has 9 nitrogen and oxygen atoms in total. The van der Waals surface area contributed by atoms with E-state index in [-0.39, 0.29) is 32.1 Å². The molecule has 0 aromatic carbocycles. The summed E-state index contributed by atoms with van der Waals surface area (Å²) in [4.78, 5) is 33.9. The van der Waals surface area contributed by atoms with Crippen LogP contribution in [-0.2, 0) is 27.9 Å². The predicted molar refractivity (Wildman–Crippen MR) is 220 cm³/mol. The molecule has 0 rings (SSSR count). The average molecular weight is 770 g/mol. The highest BCUT2D eigenvalue weighted by molar-refractivity contribution is 7.47. The van der Waals surface area contributed by atoms with Crippen molar-refractivity contribution >= 4 is 19.7 Å². The van der Waals surface area contributed by atoms with E-state index in [4.69, 9.17) is 13.8 Å². The second-order valence-electron chi connectivity index (χ2n) is 14.3. The van der Waals surface area contributed by atoms with Gasteiger partial charge in [0, 0.05) is 19.4 Å². The van der Waals surface area contributed by atoms with E-state index in [0.29, 0.717) is 6.42 Å². The van der Waals surface area contributed by atoms with E-state index in [9.17, 15) is 24.2 Å². The van der Waals surface area contributed by atoms with Crippen molar-refractivity contribution in [1.82, 2.24) is 5.32 Å². The van der Waals surface area contributed by atoms with Crippen molar-refractivity contribution < 1.29 is 37.9 Å². The molecule has 3 N–H and O–H groups in total. The van der Waals surface area contributed by atoms with Gasteiger partial charge in [0.05, 0.1) is 13.2 Å². The largest absolute Gasteiger partial charge is 0.472 e. The number of carbonyl (C=O) groups is 2. The zero-order valence-electron chi connectivity index (χ0n) is 34.0. The van der Waals surface area contributed by atoms with Gasteiger partial charge in [-0.3, -0.25) is 18.6 Å². The highest BCUT2D eigenvalue weighted by Gasteiger charge is 2.23. The number of hydrogen-bond acceptors (Lipinski definition) is 7. The van der Waals surface area contributed by atoms with Gasteiger partial charge >= 0.3 is 13.8 Å². The Morgan fingerprint density at radius 3 is 1.57 bits per heavy atom. The second kappa shape index (κ2) is 39.9. The van der Waals surface area contributed by atoms with Crippen molar-refractivity contribution in [2.45, 2.75) is 200 Å². The highest BCUT2D eigenvalue weighted by atomic mass is 31.2. The van der Waals surface area contributed by atoms with Gasteiger partial charge in [0.2, 0.25) is 5.91 Å². The SMILES string of the molecule is CCCCC/C=C\C/C=C\CCCCCCCC(=O)NCCOP(=O)(O)OCC(O)COC(=O)CCCCCCCCC/C=C\CCCCCCCC. The zero-order chi connectivity index (χ0) is 38.9. The Bertz CT molecular complexity index is 970. The maximum Gasteiger partial charge on any atom is 0.472 e. The smallest absolute Gasteiger partial charge is 0.463 e. The molecule has 0 aliphatic heterocycles. The predicted octanol–water partition coefficient (Wildman–Crippen LogP) is 11.8. The quantitative estimate of drug-likeness (QED) is 0.0243. The second-order valence-corrected chi connectivity index (χ2v) is 15.8. The van der Waals surface area contributed by atoms with Crippen LogP contribution >= 0.6 is 7.82 Å². The molecular weight excluding hydrogens is 689 g/mol. The van der Waals surface area contributed by atoms with Crippen LogP contribution in [0.15, 0.2) is 36.5 Å². The maximum atomic E-state index is 12.1. The Hall–Kier alpha value is -1.77. The molecule has 0 radical (unpaired) electrons. The number of amides is 1. The van der Waals surface area contributed by atoms with Gasteiger partial charge in [-0.1, -0.05) is 147 Å². The molecule has 0 bridgehead atoms. The monoisotopic (exact) mass is 770 g/mol. The first-order valence-electron chi connectivity index (χ1n) is 21.5. The van der Waals surface area contributed by atoms with Crippen LogP contribution in [0.4, 0.5) is 0 Å². The molecule has 1 amide bonds. The number of aliphatic hydroxyl groups excluding tert-OH is 1. The molecule has 0 aliphatic rings. The number of ether oxygens (including phenoxy) is 1. The lowest BCUT2D eigenvalue weighted by Gasteiger charge is -2.15. The van der Waals surface area contributed by atoms with E-state index < -0.39 is 26.5 Å². The van der Waals surface area contributed by atoms with Crippen molar-refractivity contribution in [2.75, 3.05) is 26.4 Å². The summed E-state index contributed by atoms with van der Waals surface area (Å²) in [6.45, 7) is 3.50. The molecule has 310 valence electrons. The molecule has 0 fully saturated rings. The van der Waals surface area contributed by atoms with Gasteiger partial charge in [-0.25, -0.2) is 4.57 Å². The number of esters is 1. The van der Waals surface area contributed by atoms with Crippen LogP contribution in [-0.4, -0.2) is 54.3 Å². The lowest BCUT2D eigenvalue weighted by Crippen LogP contribution is -2.27. The summed E-state index contributed by atoms with van der Waals surface area (Å²) >= 11 is 0. The maximum absolute atomic E-state index is 12.1. The van der Waals surface area contributed by atoms with Crippen LogP contribution in [0, 0.1) is 0 Å². The number of phosphoric ester groups is 1. The van der Waals surface area contributed by atoms with Gasteiger partial charge in [0.1, 0.15) is 12.7 Å². The van der Waals surface area contributed by atoms with Crippen molar-refractivity contribution in [1.29, 1.82) is 0 Å². The van der Waals surface area contributed by atoms with Crippen LogP contribution in [0.2, 0.25) is 0 Å². The number of carbonyl (C=O) groups excluding carboxylic acids is 2. The van der Waals surface area contributed by atoms with Crippen molar-refractivity contribution in [3.05, 3.63) is 36.5 Å². The summed E-state index contributed by atoms with van der Waals surface area (Å²) in [7, 11) is -4.42. The Morgan fingerprint density at radius 2 is 1.02 bits per heavy atom. The summed E-state index contributed by atoms with van der Waals surface area (Å²) < 4.78 is 26.8. The van der Waals surface area contributed by atoms with Gasteiger partial charge in [0.25, 0.3) is 0 Å². The van der Waals surface area contributed by atoms with E-state index in [1.165, 1.54) is 103 Å². The Morgan fingerprint density at radius 1 is 0.585 bits per heavy atom.